The summed E-state index contributed by atoms with van der Waals surface area (Å²) in [7, 11) is 0. The van der Waals surface area contributed by atoms with E-state index < -0.39 is 17.6 Å². The second-order valence-corrected chi connectivity index (χ2v) is 5.72. The highest BCUT2D eigenvalue weighted by atomic mass is 16.4. The van der Waals surface area contributed by atoms with Gasteiger partial charge in [0, 0.05) is 12.1 Å². The van der Waals surface area contributed by atoms with Crippen molar-refractivity contribution < 1.29 is 14.7 Å². The summed E-state index contributed by atoms with van der Waals surface area (Å²) < 4.78 is 0. The maximum atomic E-state index is 12.3. The summed E-state index contributed by atoms with van der Waals surface area (Å²) >= 11 is 0. The SMILES string of the molecule is CC[C@H](C)[C@H](N)C(=O)N(CCC(=O)O)C(C)(C)C. The van der Waals surface area contributed by atoms with Crippen molar-refractivity contribution in [2.45, 2.75) is 59.0 Å². The number of nitrogens with two attached hydrogens (primary N) is 1. The highest BCUT2D eigenvalue weighted by Gasteiger charge is 2.32. The molecule has 2 atom stereocenters. The number of carboxylic acid groups (broad SMARTS) is 1. The first-order chi connectivity index (χ1) is 8.11. The molecule has 0 aromatic carbocycles. The fraction of sp³-hybridized carbons (Fsp3) is 0.846. The second kappa shape index (κ2) is 6.73. The van der Waals surface area contributed by atoms with Crippen LogP contribution in [-0.2, 0) is 9.59 Å². The monoisotopic (exact) mass is 258 g/mol. The number of nitrogens with zero attached hydrogens (tertiary/aromatic N) is 1. The Balaban J connectivity index is 4.86. The lowest BCUT2D eigenvalue weighted by atomic mass is 9.96. The zero-order valence-electron chi connectivity index (χ0n) is 12.1. The Bertz CT molecular complexity index is 297. The molecule has 0 aliphatic rings. The molecule has 0 aliphatic carbocycles. The van der Waals surface area contributed by atoms with Gasteiger partial charge in [0.1, 0.15) is 0 Å². The molecule has 5 heteroatoms. The first-order valence-electron chi connectivity index (χ1n) is 6.40. The van der Waals surface area contributed by atoms with Crippen LogP contribution in [0.3, 0.4) is 0 Å². The van der Waals surface area contributed by atoms with Gasteiger partial charge in [-0.2, -0.15) is 0 Å². The fourth-order valence-electron chi connectivity index (χ4n) is 1.66. The minimum absolute atomic E-state index is 0.0593. The van der Waals surface area contributed by atoms with Gasteiger partial charge in [0.05, 0.1) is 12.5 Å². The van der Waals surface area contributed by atoms with Crippen LogP contribution in [0.25, 0.3) is 0 Å². The van der Waals surface area contributed by atoms with Crippen molar-refractivity contribution in [1.29, 1.82) is 0 Å². The van der Waals surface area contributed by atoms with Crippen LogP contribution in [0.1, 0.15) is 47.5 Å². The third kappa shape index (κ3) is 5.04. The van der Waals surface area contributed by atoms with E-state index in [4.69, 9.17) is 10.8 Å². The van der Waals surface area contributed by atoms with E-state index in [0.29, 0.717) is 0 Å². The van der Waals surface area contributed by atoms with Crippen LogP contribution in [0, 0.1) is 5.92 Å². The number of hydrogen-bond acceptors (Lipinski definition) is 3. The van der Waals surface area contributed by atoms with Gasteiger partial charge in [-0.25, -0.2) is 0 Å². The molecule has 0 saturated heterocycles. The van der Waals surface area contributed by atoms with Crippen molar-refractivity contribution in [2.75, 3.05) is 6.54 Å². The van der Waals surface area contributed by atoms with Crippen LogP contribution in [0.5, 0.6) is 0 Å². The third-order valence-corrected chi connectivity index (χ3v) is 3.17. The molecule has 0 spiro atoms. The van der Waals surface area contributed by atoms with Gasteiger partial charge in [-0.3, -0.25) is 9.59 Å². The second-order valence-electron chi connectivity index (χ2n) is 5.72. The zero-order chi connectivity index (χ0) is 14.5. The molecule has 0 aliphatic heterocycles. The Hall–Kier alpha value is -1.10. The number of hydrogen-bond donors (Lipinski definition) is 2. The summed E-state index contributed by atoms with van der Waals surface area (Å²) in [5.74, 6) is -0.987. The third-order valence-electron chi connectivity index (χ3n) is 3.17. The van der Waals surface area contributed by atoms with Gasteiger partial charge in [-0.05, 0) is 26.7 Å². The minimum Gasteiger partial charge on any atom is -0.481 e. The van der Waals surface area contributed by atoms with E-state index in [1.54, 1.807) is 4.90 Å². The van der Waals surface area contributed by atoms with Crippen LogP contribution in [0.2, 0.25) is 0 Å². The standard InChI is InChI=1S/C13H26N2O3/c1-6-9(2)11(14)12(18)15(13(3,4)5)8-7-10(16)17/h9,11H,6-8,14H2,1-5H3,(H,16,17)/t9-,11-/m0/s1. The molecule has 0 saturated carbocycles. The molecule has 0 bridgehead atoms. The van der Waals surface area contributed by atoms with Gasteiger partial charge in [0.25, 0.3) is 0 Å². The highest BCUT2D eigenvalue weighted by molar-refractivity contribution is 5.83. The molecule has 18 heavy (non-hydrogen) atoms. The molecule has 0 aromatic heterocycles. The van der Waals surface area contributed by atoms with Crippen molar-refractivity contribution in [3.8, 4) is 0 Å². The quantitative estimate of drug-likeness (QED) is 0.755. The fourth-order valence-corrected chi connectivity index (χ4v) is 1.66. The van der Waals surface area contributed by atoms with E-state index in [2.05, 4.69) is 0 Å². The molecule has 3 N–H and O–H groups in total. The molecule has 0 rings (SSSR count). The summed E-state index contributed by atoms with van der Waals surface area (Å²) in [6.07, 6.45) is 0.764. The molecule has 106 valence electrons. The topological polar surface area (TPSA) is 83.6 Å². The molecule has 0 radical (unpaired) electrons. The first-order valence-corrected chi connectivity index (χ1v) is 6.40. The van der Waals surface area contributed by atoms with E-state index in [0.717, 1.165) is 6.42 Å². The van der Waals surface area contributed by atoms with Crippen molar-refractivity contribution in [1.82, 2.24) is 4.90 Å². The van der Waals surface area contributed by atoms with E-state index in [-0.39, 0.29) is 24.8 Å². The lowest BCUT2D eigenvalue weighted by Gasteiger charge is -2.38. The van der Waals surface area contributed by atoms with E-state index >= 15 is 0 Å². The van der Waals surface area contributed by atoms with Gasteiger partial charge in [0.2, 0.25) is 5.91 Å². The van der Waals surface area contributed by atoms with Gasteiger partial charge in [0.15, 0.2) is 0 Å². The lowest BCUT2D eigenvalue weighted by molar-refractivity contribution is -0.142. The smallest absolute Gasteiger partial charge is 0.305 e. The van der Waals surface area contributed by atoms with E-state index in [1.165, 1.54) is 0 Å². The van der Waals surface area contributed by atoms with Crippen molar-refractivity contribution in [3.05, 3.63) is 0 Å². The summed E-state index contributed by atoms with van der Waals surface area (Å²) in [4.78, 5) is 24.5. The number of aliphatic carboxylic acids is 1. The Morgan fingerprint density at radius 2 is 1.83 bits per heavy atom. The molecule has 0 unspecified atom stereocenters. The van der Waals surface area contributed by atoms with Gasteiger partial charge >= 0.3 is 5.97 Å². The summed E-state index contributed by atoms with van der Waals surface area (Å²) in [5.41, 5.74) is 5.52. The molecular formula is C13H26N2O3. The number of carboxylic acids is 1. The zero-order valence-corrected chi connectivity index (χ0v) is 12.1. The van der Waals surface area contributed by atoms with Crippen LogP contribution in [-0.4, -0.2) is 40.0 Å². The Morgan fingerprint density at radius 1 is 1.33 bits per heavy atom. The van der Waals surface area contributed by atoms with Gasteiger partial charge < -0.3 is 15.7 Å². The molecule has 1 amide bonds. The summed E-state index contributed by atoms with van der Waals surface area (Å²) in [6.45, 7) is 9.77. The lowest BCUT2D eigenvalue weighted by Crippen LogP contribution is -2.54. The highest BCUT2D eigenvalue weighted by Crippen LogP contribution is 2.18. The molecule has 0 heterocycles. The minimum atomic E-state index is -0.908. The number of carbonyl (C=O) groups excluding carboxylic acids is 1. The number of amides is 1. The summed E-state index contributed by atoms with van der Waals surface area (Å²) in [6, 6.07) is -0.567. The molecule has 5 nitrogen and oxygen atoms in total. The normalized spacial score (nSPS) is 15.0. The predicted molar refractivity (Wildman–Crippen MR) is 71.1 cm³/mol. The van der Waals surface area contributed by atoms with Crippen LogP contribution in [0.4, 0.5) is 0 Å². The largest absolute Gasteiger partial charge is 0.481 e. The van der Waals surface area contributed by atoms with Crippen molar-refractivity contribution >= 4 is 11.9 Å². The first kappa shape index (κ1) is 16.9. The van der Waals surface area contributed by atoms with Crippen LogP contribution in [0.15, 0.2) is 0 Å². The molecule has 0 aromatic rings. The van der Waals surface area contributed by atoms with E-state index in [9.17, 15) is 9.59 Å². The van der Waals surface area contributed by atoms with E-state index in [1.807, 2.05) is 34.6 Å². The maximum Gasteiger partial charge on any atom is 0.305 e. The van der Waals surface area contributed by atoms with Crippen molar-refractivity contribution in [3.63, 3.8) is 0 Å². The van der Waals surface area contributed by atoms with Gasteiger partial charge in [-0.1, -0.05) is 20.3 Å². The maximum absolute atomic E-state index is 12.3. The number of carbonyl (C=O) groups is 2. The molecular weight excluding hydrogens is 232 g/mol. The van der Waals surface area contributed by atoms with Crippen molar-refractivity contribution in [2.24, 2.45) is 11.7 Å². The summed E-state index contributed by atoms with van der Waals surface area (Å²) in [5, 5.41) is 8.73. The van der Waals surface area contributed by atoms with Crippen LogP contribution < -0.4 is 5.73 Å². The Morgan fingerprint density at radius 3 is 2.17 bits per heavy atom. The average molecular weight is 258 g/mol. The van der Waals surface area contributed by atoms with Gasteiger partial charge in [-0.15, -0.1) is 0 Å². The number of rotatable bonds is 6. The average Bonchev–Trinajstić information content (AvgIpc) is 2.24. The Kier molecular flexibility index (Phi) is 6.32. The predicted octanol–water partition coefficient (Wildman–Crippen LogP) is 1.46. The molecule has 0 fully saturated rings. The van der Waals surface area contributed by atoms with Crippen LogP contribution >= 0.6 is 0 Å². The Labute approximate surface area is 109 Å².